The monoisotopic (exact) mass is 630 g/mol. The van der Waals surface area contributed by atoms with Gasteiger partial charge >= 0.3 is 5.91 Å². The molecular weight excluding hydrogens is 578 g/mol. The van der Waals surface area contributed by atoms with E-state index in [0.29, 0.717) is 26.1 Å². The number of ether oxygens (including phenoxy) is 3. The lowest BCUT2D eigenvalue weighted by atomic mass is 9.93. The third kappa shape index (κ3) is 15.8. The molecule has 7 nitrogen and oxygen atoms in total. The first kappa shape index (κ1) is 36.0. The number of thiol groups is 1. The van der Waals surface area contributed by atoms with Gasteiger partial charge < -0.3 is 27.7 Å². The molecular formula is C28H52BO7PSSi2. The summed E-state index contributed by atoms with van der Waals surface area (Å²) >= 11 is 4.32. The van der Waals surface area contributed by atoms with Crippen LogP contribution in [0, 0.1) is 0 Å². The average Bonchev–Trinajstić information content (AvgIpc) is 2.79. The summed E-state index contributed by atoms with van der Waals surface area (Å²) in [5, 5.41) is 0. The first-order valence-electron chi connectivity index (χ1n) is 14.4. The fourth-order valence-corrected chi connectivity index (χ4v) is 7.68. The third-order valence-corrected chi connectivity index (χ3v) is 8.84. The van der Waals surface area contributed by atoms with Gasteiger partial charge in [0.2, 0.25) is 0 Å². The molecule has 0 N–H and O–H groups in total. The SMILES string of the molecule is COc1ccc(CO[C@@H](CCOB(P)S)C[C@@H]2C[C@H](O[Si](C)(C)C)C[C@H](C[C@H](CC(C)=O)O[Si](C)(C)C)O2)cc1. The molecule has 40 heavy (non-hydrogen) atoms. The van der Waals surface area contributed by atoms with Crippen molar-refractivity contribution in [2.24, 2.45) is 0 Å². The van der Waals surface area contributed by atoms with Gasteiger partial charge in [-0.25, -0.2) is 0 Å². The Morgan fingerprint density at radius 2 is 1.65 bits per heavy atom. The Morgan fingerprint density at radius 3 is 2.15 bits per heavy atom. The molecule has 0 bridgehead atoms. The molecule has 1 aromatic carbocycles. The highest BCUT2D eigenvalue weighted by Gasteiger charge is 2.36. The van der Waals surface area contributed by atoms with Gasteiger partial charge in [-0.2, -0.15) is 12.5 Å². The van der Waals surface area contributed by atoms with Crippen LogP contribution in [0.15, 0.2) is 24.3 Å². The van der Waals surface area contributed by atoms with Crippen LogP contribution in [0.25, 0.3) is 0 Å². The minimum atomic E-state index is -1.83. The van der Waals surface area contributed by atoms with Gasteiger partial charge in [-0.05, 0) is 96.0 Å². The van der Waals surface area contributed by atoms with Gasteiger partial charge in [0, 0.05) is 19.1 Å². The van der Waals surface area contributed by atoms with E-state index in [9.17, 15) is 4.79 Å². The molecule has 1 heterocycles. The first-order valence-corrected chi connectivity index (χ1v) is 22.4. The van der Waals surface area contributed by atoms with Crippen LogP contribution in [-0.2, 0) is 34.4 Å². The van der Waals surface area contributed by atoms with E-state index in [1.54, 1.807) is 14.0 Å². The number of methoxy groups -OCH3 is 1. The zero-order valence-electron chi connectivity index (χ0n) is 25.8. The number of benzene rings is 1. The normalized spacial score (nSPS) is 21.6. The van der Waals surface area contributed by atoms with E-state index >= 15 is 0 Å². The molecule has 0 aromatic heterocycles. The number of ketones is 1. The summed E-state index contributed by atoms with van der Waals surface area (Å²) in [6.45, 7) is 15.9. The highest BCUT2D eigenvalue weighted by Crippen LogP contribution is 2.32. The molecule has 6 atom stereocenters. The summed E-state index contributed by atoms with van der Waals surface area (Å²) in [6, 6.07) is 7.95. The Kier molecular flexibility index (Phi) is 15.4. The fourth-order valence-electron chi connectivity index (χ4n) is 5.07. The topological polar surface area (TPSA) is 72.5 Å². The number of hydrogen-bond acceptors (Lipinski definition) is 8. The van der Waals surface area contributed by atoms with Crippen LogP contribution in [0.5, 0.6) is 5.75 Å². The zero-order valence-corrected chi connectivity index (χ0v) is 29.9. The van der Waals surface area contributed by atoms with E-state index in [1.165, 1.54) is 0 Å². The highest BCUT2D eigenvalue weighted by atomic mass is 32.1. The minimum absolute atomic E-state index is 0.0198. The molecule has 228 valence electrons. The van der Waals surface area contributed by atoms with Crippen LogP contribution in [0.3, 0.4) is 0 Å². The predicted octanol–water partition coefficient (Wildman–Crippen LogP) is 6.52. The van der Waals surface area contributed by atoms with E-state index in [-0.39, 0.29) is 42.2 Å². The van der Waals surface area contributed by atoms with Crippen LogP contribution in [-0.4, -0.2) is 72.6 Å². The lowest BCUT2D eigenvalue weighted by Crippen LogP contribution is -2.45. The zero-order chi connectivity index (χ0) is 29.9. The third-order valence-electron chi connectivity index (χ3n) is 6.42. The summed E-state index contributed by atoms with van der Waals surface area (Å²) in [4.78, 5) is 12.0. The molecule has 2 rings (SSSR count). The van der Waals surface area contributed by atoms with E-state index in [1.807, 2.05) is 24.3 Å². The van der Waals surface area contributed by atoms with Gasteiger partial charge in [0.1, 0.15) is 11.5 Å². The molecule has 1 unspecified atom stereocenters. The summed E-state index contributed by atoms with van der Waals surface area (Å²) < 4.78 is 37.2. The Balaban J connectivity index is 2.15. The smallest absolute Gasteiger partial charge is 0.380 e. The van der Waals surface area contributed by atoms with Gasteiger partial charge in [0.25, 0.3) is 0 Å². The van der Waals surface area contributed by atoms with Crippen molar-refractivity contribution in [1.29, 1.82) is 0 Å². The van der Waals surface area contributed by atoms with Crippen molar-refractivity contribution in [3.63, 3.8) is 0 Å². The quantitative estimate of drug-likeness (QED) is 0.112. The predicted molar refractivity (Wildman–Crippen MR) is 175 cm³/mol. The Labute approximate surface area is 253 Å². The lowest BCUT2D eigenvalue weighted by molar-refractivity contribution is -0.126. The molecule has 1 aliphatic rings. The minimum Gasteiger partial charge on any atom is -0.497 e. The standard InChI is InChI=1S/C28H52BO7PSSi2/c1-21(30)15-27(35-39(3,4)5)17-26-19-28(36-40(6,7)8)18-25(34-26)16-24(13-14-33-29(37)38)32-20-22-9-11-23(31-2)12-10-22/h9-12,24-28,38H,13-20,37H2,1-8H3/t24-,25+,26-,27-,28-/m0/s1. The van der Waals surface area contributed by atoms with Gasteiger partial charge in [0.05, 0.1) is 38.1 Å². The van der Waals surface area contributed by atoms with Crippen molar-refractivity contribution in [2.45, 2.75) is 122 Å². The van der Waals surface area contributed by atoms with E-state index in [4.69, 9.17) is 27.7 Å². The molecule has 0 saturated carbocycles. The van der Waals surface area contributed by atoms with Crippen LogP contribution < -0.4 is 4.74 Å². The van der Waals surface area contributed by atoms with E-state index in [2.05, 4.69) is 60.9 Å². The second-order valence-corrected chi connectivity index (χ2v) is 23.4. The van der Waals surface area contributed by atoms with Gasteiger partial charge in [-0.3, -0.25) is 4.79 Å². The number of carbonyl (C=O) groups is 1. The molecule has 1 fully saturated rings. The van der Waals surface area contributed by atoms with Crippen LogP contribution >= 0.6 is 21.6 Å². The highest BCUT2D eigenvalue weighted by molar-refractivity contribution is 8.23. The van der Waals surface area contributed by atoms with Crippen molar-refractivity contribution < 1.29 is 32.5 Å². The molecule has 0 spiro atoms. The van der Waals surface area contributed by atoms with E-state index in [0.717, 1.165) is 37.0 Å². The van der Waals surface area contributed by atoms with Gasteiger partial charge in [-0.1, -0.05) is 12.1 Å². The summed E-state index contributed by atoms with van der Waals surface area (Å²) in [6.07, 6.45) is 4.11. The maximum absolute atomic E-state index is 12.0. The van der Waals surface area contributed by atoms with Crippen LogP contribution in [0.1, 0.15) is 51.0 Å². The number of hydrogen-bond donors (Lipinski definition) is 1. The molecule has 0 aliphatic carbocycles. The van der Waals surface area contributed by atoms with Gasteiger partial charge in [0.15, 0.2) is 16.6 Å². The molecule has 1 aromatic rings. The number of rotatable bonds is 18. The second-order valence-electron chi connectivity index (χ2n) is 12.8. The molecule has 12 heteroatoms. The Bertz CT molecular complexity index is 883. The average molecular weight is 631 g/mol. The molecule has 0 amide bonds. The van der Waals surface area contributed by atoms with Crippen molar-refractivity contribution in [2.75, 3.05) is 13.7 Å². The summed E-state index contributed by atoms with van der Waals surface area (Å²) in [7, 11) is 0.633. The van der Waals surface area contributed by atoms with Crippen molar-refractivity contribution in [3.05, 3.63) is 29.8 Å². The Morgan fingerprint density at radius 1 is 1.05 bits per heavy atom. The number of Topliss-reactive ketones (excluding diaryl/α,β-unsaturated/α-hetero) is 1. The van der Waals surface area contributed by atoms with Crippen LogP contribution in [0.4, 0.5) is 0 Å². The Hall–Kier alpha value is -0.231. The molecule has 1 saturated heterocycles. The summed E-state index contributed by atoms with van der Waals surface area (Å²) in [5.74, 6) is 0.760. The lowest BCUT2D eigenvalue weighted by Gasteiger charge is -2.40. The largest absolute Gasteiger partial charge is 0.497 e. The first-order chi connectivity index (χ1) is 18.6. The van der Waals surface area contributed by atoms with Crippen molar-refractivity contribution >= 4 is 49.9 Å². The van der Waals surface area contributed by atoms with Crippen molar-refractivity contribution in [3.8, 4) is 5.75 Å². The van der Waals surface area contributed by atoms with Crippen LogP contribution in [0.2, 0.25) is 39.3 Å². The van der Waals surface area contributed by atoms with Gasteiger partial charge in [-0.15, -0.1) is 9.12 Å². The summed E-state index contributed by atoms with van der Waals surface area (Å²) in [5.41, 5.74) is 1.09. The molecule has 1 aliphatic heterocycles. The second kappa shape index (κ2) is 17.2. The molecule has 0 radical (unpaired) electrons. The maximum atomic E-state index is 12.0. The van der Waals surface area contributed by atoms with Crippen molar-refractivity contribution in [1.82, 2.24) is 0 Å². The maximum Gasteiger partial charge on any atom is 0.380 e. The number of carbonyl (C=O) groups excluding carboxylic acids is 1. The van der Waals surface area contributed by atoms with E-state index < -0.39 is 16.6 Å². The fraction of sp³-hybridized carbons (Fsp3) is 0.750.